The highest BCUT2D eigenvalue weighted by Gasteiger charge is 2.23. The number of amides is 1. The summed E-state index contributed by atoms with van der Waals surface area (Å²) < 4.78 is 20.4. The number of halogens is 1. The van der Waals surface area contributed by atoms with Crippen LogP contribution in [0.2, 0.25) is 0 Å². The molecule has 0 unspecified atom stereocenters. The van der Waals surface area contributed by atoms with Crippen molar-refractivity contribution in [3.8, 4) is 5.75 Å². The number of aryl methyl sites for hydroxylation is 1. The molecule has 0 spiro atoms. The Kier molecular flexibility index (Phi) is 5.13. The topological polar surface area (TPSA) is 56.1 Å². The molecule has 0 atom stereocenters. The Hall–Kier alpha value is -2.37. The molecule has 6 heteroatoms. The standard InChI is InChI=1S/C18H22FN3O2/c1-13-10-21-17(22(13)11-14-2-3-14)8-9-20-18(23)12-24-16-6-4-15(19)5-7-16/h4-7,10,14H,2-3,8-9,11-12H2,1H3,(H,20,23). The van der Waals surface area contributed by atoms with Gasteiger partial charge in [0.2, 0.25) is 0 Å². The second-order valence-corrected chi connectivity index (χ2v) is 6.21. The van der Waals surface area contributed by atoms with E-state index in [9.17, 15) is 9.18 Å². The van der Waals surface area contributed by atoms with Crippen LogP contribution in [0.5, 0.6) is 5.75 Å². The number of nitrogens with one attached hydrogen (secondary N) is 1. The molecule has 0 aliphatic heterocycles. The Morgan fingerprint density at radius 2 is 2.12 bits per heavy atom. The molecule has 1 saturated carbocycles. The molecule has 2 aromatic rings. The number of imidazole rings is 1. The second-order valence-electron chi connectivity index (χ2n) is 6.21. The summed E-state index contributed by atoms with van der Waals surface area (Å²) in [7, 11) is 0. The minimum Gasteiger partial charge on any atom is -0.484 e. The van der Waals surface area contributed by atoms with Gasteiger partial charge < -0.3 is 14.6 Å². The molecule has 5 nitrogen and oxygen atoms in total. The van der Waals surface area contributed by atoms with Crippen LogP contribution < -0.4 is 10.1 Å². The number of hydrogen-bond donors (Lipinski definition) is 1. The molecule has 1 aromatic carbocycles. The van der Waals surface area contributed by atoms with Crippen LogP contribution in [0.3, 0.4) is 0 Å². The first-order valence-electron chi connectivity index (χ1n) is 8.28. The van der Waals surface area contributed by atoms with Crippen LogP contribution in [0.4, 0.5) is 4.39 Å². The van der Waals surface area contributed by atoms with Gasteiger partial charge >= 0.3 is 0 Å². The Labute approximate surface area is 140 Å². The number of benzene rings is 1. The minimum absolute atomic E-state index is 0.0822. The Bertz CT molecular complexity index is 693. The summed E-state index contributed by atoms with van der Waals surface area (Å²) >= 11 is 0. The van der Waals surface area contributed by atoms with Crippen molar-refractivity contribution in [2.75, 3.05) is 13.2 Å². The van der Waals surface area contributed by atoms with Gasteiger partial charge in [-0.3, -0.25) is 4.79 Å². The van der Waals surface area contributed by atoms with Gasteiger partial charge in [-0.2, -0.15) is 0 Å². The average molecular weight is 331 g/mol. The number of aromatic nitrogens is 2. The number of carbonyl (C=O) groups is 1. The lowest BCUT2D eigenvalue weighted by molar-refractivity contribution is -0.123. The zero-order valence-electron chi connectivity index (χ0n) is 13.8. The molecule has 128 valence electrons. The highest BCUT2D eigenvalue weighted by atomic mass is 19.1. The number of ether oxygens (including phenoxy) is 1. The number of hydrogen-bond acceptors (Lipinski definition) is 3. The molecule has 0 bridgehead atoms. The third-order valence-electron chi connectivity index (χ3n) is 4.13. The summed E-state index contributed by atoms with van der Waals surface area (Å²) in [4.78, 5) is 16.3. The van der Waals surface area contributed by atoms with E-state index >= 15 is 0 Å². The van der Waals surface area contributed by atoms with Crippen LogP contribution >= 0.6 is 0 Å². The van der Waals surface area contributed by atoms with E-state index in [2.05, 4.69) is 21.8 Å². The molecule has 3 rings (SSSR count). The lowest BCUT2D eigenvalue weighted by atomic mass is 10.3. The van der Waals surface area contributed by atoms with Gasteiger partial charge in [-0.1, -0.05) is 0 Å². The van der Waals surface area contributed by atoms with Gasteiger partial charge in [0.05, 0.1) is 0 Å². The Morgan fingerprint density at radius 3 is 2.83 bits per heavy atom. The van der Waals surface area contributed by atoms with Crippen molar-refractivity contribution in [2.45, 2.75) is 32.7 Å². The van der Waals surface area contributed by atoms with Crippen LogP contribution in [0.25, 0.3) is 0 Å². The molecule has 1 fully saturated rings. The van der Waals surface area contributed by atoms with Gasteiger partial charge in [0, 0.05) is 31.4 Å². The normalized spacial score (nSPS) is 13.8. The number of rotatable bonds is 8. The van der Waals surface area contributed by atoms with E-state index in [1.54, 1.807) is 0 Å². The van der Waals surface area contributed by atoms with Crippen molar-refractivity contribution < 1.29 is 13.9 Å². The first-order chi connectivity index (χ1) is 11.6. The molecule has 1 N–H and O–H groups in total. The molecule has 1 heterocycles. The molecule has 0 saturated heterocycles. The van der Waals surface area contributed by atoms with Crippen LogP contribution in [0.15, 0.2) is 30.5 Å². The summed E-state index contributed by atoms with van der Waals surface area (Å²) in [6, 6.07) is 5.60. The first-order valence-corrected chi connectivity index (χ1v) is 8.28. The van der Waals surface area contributed by atoms with Crippen LogP contribution in [-0.4, -0.2) is 28.6 Å². The van der Waals surface area contributed by atoms with Gasteiger partial charge in [-0.15, -0.1) is 0 Å². The predicted molar refractivity (Wildman–Crippen MR) is 88.3 cm³/mol. The number of carbonyl (C=O) groups excluding carboxylic acids is 1. The van der Waals surface area contributed by atoms with Crippen molar-refractivity contribution in [2.24, 2.45) is 5.92 Å². The monoisotopic (exact) mass is 331 g/mol. The van der Waals surface area contributed by atoms with Gasteiger partial charge in [0.25, 0.3) is 5.91 Å². The third-order valence-corrected chi connectivity index (χ3v) is 4.13. The molecular weight excluding hydrogens is 309 g/mol. The molecule has 1 aliphatic rings. The molecule has 1 amide bonds. The number of nitrogens with zero attached hydrogens (tertiary/aromatic N) is 2. The fourth-order valence-corrected chi connectivity index (χ4v) is 2.56. The molecule has 1 aromatic heterocycles. The summed E-state index contributed by atoms with van der Waals surface area (Å²) in [6.45, 7) is 3.53. The van der Waals surface area contributed by atoms with Crippen molar-refractivity contribution in [1.29, 1.82) is 0 Å². The summed E-state index contributed by atoms with van der Waals surface area (Å²) in [5.74, 6) is 1.75. The van der Waals surface area contributed by atoms with E-state index in [-0.39, 0.29) is 18.3 Å². The molecular formula is C18H22FN3O2. The SMILES string of the molecule is Cc1cnc(CCNC(=O)COc2ccc(F)cc2)n1CC1CC1. The fourth-order valence-electron chi connectivity index (χ4n) is 2.56. The van der Waals surface area contributed by atoms with Gasteiger partial charge in [0.1, 0.15) is 17.4 Å². The van der Waals surface area contributed by atoms with E-state index < -0.39 is 0 Å². The maximum atomic E-state index is 12.8. The van der Waals surface area contributed by atoms with Crippen LogP contribution in [0, 0.1) is 18.7 Å². The Balaban J connectivity index is 1.41. The van der Waals surface area contributed by atoms with Crippen molar-refractivity contribution in [1.82, 2.24) is 14.9 Å². The second kappa shape index (κ2) is 7.47. The molecule has 0 radical (unpaired) electrons. The summed E-state index contributed by atoms with van der Waals surface area (Å²) in [5, 5.41) is 2.83. The lowest BCUT2D eigenvalue weighted by Crippen LogP contribution is -2.31. The third kappa shape index (κ3) is 4.57. The van der Waals surface area contributed by atoms with E-state index in [1.807, 2.05) is 6.20 Å². The highest BCUT2D eigenvalue weighted by Crippen LogP contribution is 2.31. The lowest BCUT2D eigenvalue weighted by Gasteiger charge is -2.10. The maximum Gasteiger partial charge on any atom is 0.257 e. The van der Waals surface area contributed by atoms with E-state index in [4.69, 9.17) is 4.74 Å². The van der Waals surface area contributed by atoms with Gasteiger partial charge in [-0.25, -0.2) is 9.37 Å². The predicted octanol–water partition coefficient (Wildman–Crippen LogP) is 2.48. The molecule has 1 aliphatic carbocycles. The van der Waals surface area contributed by atoms with Crippen molar-refractivity contribution >= 4 is 5.91 Å². The van der Waals surface area contributed by atoms with Crippen LogP contribution in [0.1, 0.15) is 24.4 Å². The van der Waals surface area contributed by atoms with E-state index in [0.29, 0.717) is 18.7 Å². The summed E-state index contributed by atoms with van der Waals surface area (Å²) in [6.07, 6.45) is 5.18. The van der Waals surface area contributed by atoms with Gasteiger partial charge in [-0.05, 0) is 49.9 Å². The van der Waals surface area contributed by atoms with E-state index in [0.717, 1.165) is 18.3 Å². The first kappa shape index (κ1) is 16.5. The molecule has 24 heavy (non-hydrogen) atoms. The quantitative estimate of drug-likeness (QED) is 0.808. The zero-order chi connectivity index (χ0) is 16.9. The maximum absolute atomic E-state index is 12.8. The zero-order valence-corrected chi connectivity index (χ0v) is 13.8. The van der Waals surface area contributed by atoms with E-state index in [1.165, 1.54) is 42.8 Å². The fraction of sp³-hybridized carbons (Fsp3) is 0.444. The largest absolute Gasteiger partial charge is 0.484 e. The van der Waals surface area contributed by atoms with Gasteiger partial charge in [0.15, 0.2) is 6.61 Å². The summed E-state index contributed by atoms with van der Waals surface area (Å²) in [5.41, 5.74) is 1.17. The highest BCUT2D eigenvalue weighted by molar-refractivity contribution is 5.77. The van der Waals surface area contributed by atoms with Crippen molar-refractivity contribution in [3.63, 3.8) is 0 Å². The Morgan fingerprint density at radius 1 is 1.38 bits per heavy atom. The smallest absolute Gasteiger partial charge is 0.257 e. The minimum atomic E-state index is -0.330. The van der Waals surface area contributed by atoms with Crippen molar-refractivity contribution in [3.05, 3.63) is 47.8 Å². The van der Waals surface area contributed by atoms with Crippen LogP contribution in [-0.2, 0) is 17.8 Å². The average Bonchev–Trinajstić information content (AvgIpc) is 3.33.